The Balaban J connectivity index is 2.27. The molecule has 9 nitrogen and oxygen atoms in total. The maximum Gasteiger partial charge on any atom is 0.255 e. The lowest BCUT2D eigenvalue weighted by Gasteiger charge is -2.50. The molecule has 0 aromatic rings. The van der Waals surface area contributed by atoms with E-state index in [1.54, 1.807) is 14.1 Å². The summed E-state index contributed by atoms with van der Waals surface area (Å²) in [4.78, 5) is 39.3. The monoisotopic (exact) mass is 404 g/mol. The van der Waals surface area contributed by atoms with E-state index in [0.717, 1.165) is 6.08 Å². The molecule has 1 saturated carbocycles. The van der Waals surface area contributed by atoms with Crippen molar-refractivity contribution in [1.29, 1.82) is 0 Å². The molecule has 1 fully saturated rings. The van der Waals surface area contributed by atoms with Crippen LogP contribution in [0.25, 0.3) is 0 Å². The first-order chi connectivity index (χ1) is 13.5. The molecule has 0 aliphatic heterocycles. The van der Waals surface area contributed by atoms with Crippen molar-refractivity contribution < 1.29 is 34.8 Å². The van der Waals surface area contributed by atoms with Gasteiger partial charge in [-0.05, 0) is 45.4 Å². The summed E-state index contributed by atoms with van der Waals surface area (Å²) in [6.45, 7) is 3.42. The van der Waals surface area contributed by atoms with Crippen molar-refractivity contribution in [3.05, 3.63) is 46.7 Å². The van der Waals surface area contributed by atoms with Gasteiger partial charge in [0, 0.05) is 17.1 Å². The number of nitrogens with zero attached hydrogens (tertiary/aromatic N) is 1. The van der Waals surface area contributed by atoms with Gasteiger partial charge in [0.05, 0.1) is 6.04 Å². The van der Waals surface area contributed by atoms with E-state index in [4.69, 9.17) is 5.73 Å². The molecule has 9 heteroatoms. The second kappa shape index (κ2) is 6.85. The average molecular weight is 404 g/mol. The van der Waals surface area contributed by atoms with Crippen LogP contribution in [0.2, 0.25) is 0 Å². The number of amides is 1. The van der Waals surface area contributed by atoms with Gasteiger partial charge in [0.25, 0.3) is 5.91 Å². The lowest BCUT2D eigenvalue weighted by atomic mass is 9.58. The maximum absolute atomic E-state index is 13.0. The normalized spacial score (nSPS) is 34.1. The highest BCUT2D eigenvalue weighted by atomic mass is 16.3. The van der Waals surface area contributed by atoms with Crippen molar-refractivity contribution in [2.45, 2.75) is 30.9 Å². The predicted molar refractivity (Wildman–Crippen MR) is 102 cm³/mol. The Bertz CT molecular complexity index is 927. The average Bonchev–Trinajstić information content (AvgIpc) is 2.63. The highest BCUT2D eigenvalue weighted by molar-refractivity contribution is 6.24. The van der Waals surface area contributed by atoms with Crippen LogP contribution >= 0.6 is 0 Å². The van der Waals surface area contributed by atoms with Crippen LogP contribution in [0.5, 0.6) is 0 Å². The van der Waals surface area contributed by atoms with E-state index in [2.05, 4.69) is 6.58 Å². The Labute approximate surface area is 167 Å². The van der Waals surface area contributed by atoms with Gasteiger partial charge < -0.3 is 26.2 Å². The van der Waals surface area contributed by atoms with Gasteiger partial charge in [-0.1, -0.05) is 6.58 Å². The van der Waals surface area contributed by atoms with Gasteiger partial charge in [-0.3, -0.25) is 19.3 Å². The third kappa shape index (κ3) is 2.72. The molecule has 0 heterocycles. The summed E-state index contributed by atoms with van der Waals surface area (Å²) < 4.78 is 0. The van der Waals surface area contributed by atoms with E-state index in [1.165, 1.54) is 4.90 Å². The number of hydrogen-bond donors (Lipinski definition) is 5. The molecule has 6 N–H and O–H groups in total. The Kier molecular flexibility index (Phi) is 4.92. The molecule has 0 unspecified atom stereocenters. The molecule has 3 aliphatic carbocycles. The molecule has 0 bridgehead atoms. The topological polar surface area (TPSA) is 161 Å². The third-order valence-corrected chi connectivity index (χ3v) is 6.16. The van der Waals surface area contributed by atoms with Crippen LogP contribution in [-0.4, -0.2) is 68.5 Å². The number of likely N-dealkylation sites (N-methyl/N-ethyl adjacent to an activating group) is 1. The van der Waals surface area contributed by atoms with Crippen molar-refractivity contribution in [2.24, 2.45) is 17.6 Å². The minimum atomic E-state index is -2.60. The van der Waals surface area contributed by atoms with Gasteiger partial charge in [0.15, 0.2) is 11.4 Å². The zero-order valence-electron chi connectivity index (χ0n) is 16.2. The predicted octanol–water partition coefficient (Wildman–Crippen LogP) is 0.337. The van der Waals surface area contributed by atoms with Gasteiger partial charge in [0.1, 0.15) is 22.9 Å². The number of fused-ring (bicyclic) bond motifs is 2. The van der Waals surface area contributed by atoms with Crippen LogP contribution in [0, 0.1) is 11.8 Å². The maximum atomic E-state index is 13.0. The zero-order chi connectivity index (χ0) is 21.8. The number of carbonyl (C=O) groups is 3. The quantitative estimate of drug-likeness (QED) is 0.255. The standard InChI is InChI=1S/C20H24N2O7/c1-4-11(23)9-6-5-8-7-10-14(22(2)3)16(25)13(19(21)28)18(27)20(10,29)17(26)12(8)15(9)24/h4,8,10,14,23,25-26,29H,1,5-7H2,2-3H3,(H2,21,28)/b11-9-/t8-,10-,14-,20-/m0/s1. The highest BCUT2D eigenvalue weighted by Crippen LogP contribution is 2.52. The van der Waals surface area contributed by atoms with Gasteiger partial charge in [-0.25, -0.2) is 0 Å². The van der Waals surface area contributed by atoms with Crippen LogP contribution in [0.15, 0.2) is 46.7 Å². The first-order valence-corrected chi connectivity index (χ1v) is 9.17. The molecular formula is C20H24N2O7. The molecule has 0 saturated heterocycles. The third-order valence-electron chi connectivity index (χ3n) is 6.16. The number of allylic oxidation sites excluding steroid dienone is 3. The number of aliphatic hydroxyl groups is 4. The Hall–Kier alpha value is -2.91. The summed E-state index contributed by atoms with van der Waals surface area (Å²) in [5.74, 6) is -6.43. The molecule has 3 rings (SSSR count). The second-order valence-corrected chi connectivity index (χ2v) is 7.87. The molecule has 4 atom stereocenters. The van der Waals surface area contributed by atoms with Crippen molar-refractivity contribution >= 4 is 17.5 Å². The van der Waals surface area contributed by atoms with Gasteiger partial charge in [-0.2, -0.15) is 0 Å². The molecule has 0 aromatic carbocycles. The summed E-state index contributed by atoms with van der Waals surface area (Å²) in [5, 5.41) is 42.8. The van der Waals surface area contributed by atoms with Crippen LogP contribution in [0.3, 0.4) is 0 Å². The molecule has 0 radical (unpaired) electrons. The van der Waals surface area contributed by atoms with Crippen LogP contribution in [-0.2, 0) is 14.4 Å². The zero-order valence-corrected chi connectivity index (χ0v) is 16.2. The molecule has 0 spiro atoms. The number of hydrogen-bond acceptors (Lipinski definition) is 8. The summed E-state index contributed by atoms with van der Waals surface area (Å²) in [6.07, 6.45) is 1.82. The van der Waals surface area contributed by atoms with Crippen LogP contribution < -0.4 is 5.73 Å². The van der Waals surface area contributed by atoms with Crippen molar-refractivity contribution in [3.8, 4) is 0 Å². The van der Waals surface area contributed by atoms with E-state index in [0.29, 0.717) is 6.42 Å². The molecule has 0 aromatic heterocycles. The Morgan fingerprint density at radius 3 is 2.45 bits per heavy atom. The smallest absolute Gasteiger partial charge is 0.255 e. The fraction of sp³-hybridized carbons (Fsp3) is 0.450. The molecule has 1 amide bonds. The lowest BCUT2D eigenvalue weighted by molar-refractivity contribution is -0.149. The van der Waals surface area contributed by atoms with Crippen molar-refractivity contribution in [3.63, 3.8) is 0 Å². The number of primary amides is 1. The number of carbonyl (C=O) groups excluding carboxylic acids is 3. The molecule has 29 heavy (non-hydrogen) atoms. The van der Waals surface area contributed by atoms with Crippen molar-refractivity contribution in [1.82, 2.24) is 4.90 Å². The summed E-state index contributed by atoms with van der Waals surface area (Å²) in [6, 6.07) is -0.975. The summed E-state index contributed by atoms with van der Waals surface area (Å²) in [7, 11) is 3.17. The molecular weight excluding hydrogens is 380 g/mol. The first kappa shape index (κ1) is 20.8. The fourth-order valence-corrected chi connectivity index (χ4v) is 4.81. The number of aliphatic hydroxyl groups excluding tert-OH is 3. The number of nitrogens with two attached hydrogens (primary N) is 1. The van der Waals surface area contributed by atoms with Crippen LogP contribution in [0.4, 0.5) is 0 Å². The second-order valence-electron chi connectivity index (χ2n) is 7.87. The summed E-state index contributed by atoms with van der Waals surface area (Å²) in [5.41, 5.74) is 1.71. The molecule has 156 valence electrons. The van der Waals surface area contributed by atoms with Gasteiger partial charge >= 0.3 is 0 Å². The number of rotatable bonds is 3. The summed E-state index contributed by atoms with van der Waals surface area (Å²) >= 11 is 0. The lowest BCUT2D eigenvalue weighted by Crippen LogP contribution is -2.63. The largest absolute Gasteiger partial charge is 0.510 e. The van der Waals surface area contributed by atoms with E-state index in [9.17, 15) is 34.8 Å². The van der Waals surface area contributed by atoms with E-state index in [1.807, 2.05) is 0 Å². The highest BCUT2D eigenvalue weighted by Gasteiger charge is 2.63. The SMILES string of the molecule is C=C/C(O)=C1\CC[C@H]2C[C@H]3[C@H](N(C)C)C(O)=C(C(N)=O)C(=O)[C@@]3(O)C(O)=C2C1=O. The first-order valence-electron chi connectivity index (χ1n) is 9.17. The minimum Gasteiger partial charge on any atom is -0.510 e. The minimum absolute atomic E-state index is 0.0285. The van der Waals surface area contributed by atoms with Crippen molar-refractivity contribution in [2.75, 3.05) is 14.1 Å². The Morgan fingerprint density at radius 2 is 1.93 bits per heavy atom. The molecule has 3 aliphatic rings. The van der Waals surface area contributed by atoms with Crippen LogP contribution in [0.1, 0.15) is 19.3 Å². The number of Topliss-reactive ketones (excluding diaryl/α,β-unsaturated/α-hetero) is 2. The Morgan fingerprint density at radius 1 is 1.31 bits per heavy atom. The fourth-order valence-electron chi connectivity index (χ4n) is 4.81. The van der Waals surface area contributed by atoms with Gasteiger partial charge in [-0.15, -0.1) is 0 Å². The van der Waals surface area contributed by atoms with E-state index >= 15 is 0 Å². The van der Waals surface area contributed by atoms with E-state index < -0.39 is 58.0 Å². The van der Waals surface area contributed by atoms with E-state index in [-0.39, 0.29) is 29.7 Å². The number of ketones is 2. The van der Waals surface area contributed by atoms with Gasteiger partial charge in [0.2, 0.25) is 5.78 Å².